The molecule has 1 aliphatic heterocycles. The summed E-state index contributed by atoms with van der Waals surface area (Å²) in [6.45, 7) is 6.73. The van der Waals surface area contributed by atoms with Crippen LogP contribution in [-0.2, 0) is 11.3 Å². The van der Waals surface area contributed by atoms with Crippen LogP contribution in [0.2, 0.25) is 0 Å². The predicted molar refractivity (Wildman–Crippen MR) is 108 cm³/mol. The lowest BCUT2D eigenvalue weighted by Gasteiger charge is -2.42. The van der Waals surface area contributed by atoms with Crippen LogP contribution in [0, 0.1) is 0 Å². The highest BCUT2D eigenvalue weighted by Crippen LogP contribution is 2.26. The molecule has 154 valence electrons. The minimum atomic E-state index is -0.800. The summed E-state index contributed by atoms with van der Waals surface area (Å²) in [4.78, 5) is 27.6. The third-order valence-corrected chi connectivity index (χ3v) is 5.98. The van der Waals surface area contributed by atoms with E-state index in [1.165, 1.54) is 5.56 Å². The van der Waals surface area contributed by atoms with E-state index in [2.05, 4.69) is 46.7 Å². The van der Waals surface area contributed by atoms with Crippen molar-refractivity contribution in [2.24, 2.45) is 0 Å². The molecular weight excluding hydrogens is 356 g/mol. The second-order valence-electron chi connectivity index (χ2n) is 8.09. The molecule has 1 aromatic rings. The van der Waals surface area contributed by atoms with E-state index in [1.807, 2.05) is 17.9 Å². The summed E-state index contributed by atoms with van der Waals surface area (Å²) in [6, 6.07) is 11.3. The first kappa shape index (κ1) is 20.6. The largest absolute Gasteiger partial charge is 0.480 e. The molecule has 2 aliphatic rings. The van der Waals surface area contributed by atoms with Crippen molar-refractivity contribution in [3.63, 3.8) is 0 Å². The van der Waals surface area contributed by atoms with Crippen molar-refractivity contribution >= 4 is 12.0 Å². The predicted octanol–water partition coefficient (Wildman–Crippen LogP) is 1.89. The van der Waals surface area contributed by atoms with Crippen molar-refractivity contribution in [3.8, 4) is 0 Å². The van der Waals surface area contributed by atoms with Gasteiger partial charge in [-0.05, 0) is 38.3 Å². The molecule has 28 heavy (non-hydrogen) atoms. The number of carboxylic acids is 1. The maximum Gasteiger partial charge on any atom is 0.317 e. The molecule has 0 aromatic heterocycles. The van der Waals surface area contributed by atoms with Gasteiger partial charge in [0.1, 0.15) is 0 Å². The van der Waals surface area contributed by atoms with Gasteiger partial charge in [-0.1, -0.05) is 37.3 Å². The Morgan fingerprint density at radius 1 is 1.14 bits per heavy atom. The minimum Gasteiger partial charge on any atom is -0.480 e. The normalized spacial score (nSPS) is 27.4. The molecule has 3 N–H and O–H groups in total. The molecular formula is C21H32N4O3. The molecule has 7 heteroatoms. The maximum absolute atomic E-state index is 12.3. The van der Waals surface area contributed by atoms with E-state index < -0.39 is 5.97 Å². The van der Waals surface area contributed by atoms with Gasteiger partial charge in [0.15, 0.2) is 0 Å². The van der Waals surface area contributed by atoms with Crippen LogP contribution in [0.1, 0.15) is 38.7 Å². The monoisotopic (exact) mass is 388 g/mol. The zero-order valence-corrected chi connectivity index (χ0v) is 16.8. The van der Waals surface area contributed by atoms with E-state index in [0.717, 1.165) is 32.4 Å². The Hall–Kier alpha value is -2.12. The van der Waals surface area contributed by atoms with Crippen molar-refractivity contribution in [1.29, 1.82) is 0 Å². The van der Waals surface area contributed by atoms with Crippen molar-refractivity contribution in [2.75, 3.05) is 19.6 Å². The summed E-state index contributed by atoms with van der Waals surface area (Å²) in [5.41, 5.74) is 1.29. The summed E-state index contributed by atoms with van der Waals surface area (Å²) in [5, 5.41) is 15.1. The summed E-state index contributed by atoms with van der Waals surface area (Å²) in [5.74, 6) is -0.800. The van der Waals surface area contributed by atoms with Gasteiger partial charge in [0, 0.05) is 37.3 Å². The Balaban J connectivity index is 1.38. The van der Waals surface area contributed by atoms with E-state index in [0.29, 0.717) is 12.6 Å². The van der Waals surface area contributed by atoms with Crippen LogP contribution < -0.4 is 10.6 Å². The first-order valence-electron chi connectivity index (χ1n) is 10.3. The Labute approximate surface area is 167 Å². The molecule has 1 aliphatic carbocycles. The zero-order valence-electron chi connectivity index (χ0n) is 16.8. The molecule has 1 heterocycles. The summed E-state index contributed by atoms with van der Waals surface area (Å²) >= 11 is 0. The number of carboxylic acid groups (broad SMARTS) is 1. The van der Waals surface area contributed by atoms with E-state index in [4.69, 9.17) is 5.11 Å². The molecule has 0 spiro atoms. The molecule has 1 saturated carbocycles. The number of aliphatic carboxylic acids is 1. The third kappa shape index (κ3) is 5.45. The van der Waals surface area contributed by atoms with E-state index in [9.17, 15) is 9.59 Å². The molecule has 1 saturated heterocycles. The second kappa shape index (κ2) is 9.39. The van der Waals surface area contributed by atoms with Crippen LogP contribution in [0.5, 0.6) is 0 Å². The average Bonchev–Trinajstić information content (AvgIpc) is 2.95. The highest BCUT2D eigenvalue weighted by molar-refractivity contribution is 5.74. The van der Waals surface area contributed by atoms with Crippen molar-refractivity contribution in [1.82, 2.24) is 20.4 Å². The lowest BCUT2D eigenvalue weighted by molar-refractivity contribution is -0.139. The maximum atomic E-state index is 12.3. The molecule has 0 bridgehead atoms. The molecule has 7 nitrogen and oxygen atoms in total. The number of hydrogen-bond acceptors (Lipinski definition) is 4. The average molecular weight is 389 g/mol. The Bertz CT molecular complexity index is 663. The lowest BCUT2D eigenvalue weighted by atomic mass is 9.85. The fraction of sp³-hybridized carbons (Fsp3) is 0.619. The standard InChI is InChI=1S/C21H32N4O3/c1-3-24(14-20(26)27)19-10-17(11-19)22-21(28)23-18-9-15(2)25(13-18)12-16-7-5-4-6-8-16/h4-8,15,17-19H,3,9-14H2,1-2H3,(H,26,27)(H2,22,23,28). The molecule has 2 amide bonds. The molecule has 2 atom stereocenters. The quantitative estimate of drug-likeness (QED) is 0.633. The Morgan fingerprint density at radius 2 is 1.82 bits per heavy atom. The van der Waals surface area contributed by atoms with Crippen LogP contribution in [0.4, 0.5) is 4.79 Å². The number of benzene rings is 1. The van der Waals surface area contributed by atoms with Gasteiger partial charge >= 0.3 is 12.0 Å². The SMILES string of the molecule is CCN(CC(=O)O)C1CC(NC(=O)NC2CC(C)N(Cc3ccccc3)C2)C1. The van der Waals surface area contributed by atoms with Crippen molar-refractivity contribution in [3.05, 3.63) is 35.9 Å². The first-order valence-corrected chi connectivity index (χ1v) is 10.3. The van der Waals surface area contributed by atoms with Gasteiger partial charge in [0.2, 0.25) is 0 Å². The smallest absolute Gasteiger partial charge is 0.317 e. The van der Waals surface area contributed by atoms with Gasteiger partial charge in [-0.25, -0.2) is 4.79 Å². The topological polar surface area (TPSA) is 84.9 Å². The fourth-order valence-corrected chi connectivity index (χ4v) is 4.33. The van der Waals surface area contributed by atoms with Gasteiger partial charge in [0.05, 0.1) is 6.54 Å². The second-order valence-corrected chi connectivity index (χ2v) is 8.09. The fourth-order valence-electron chi connectivity index (χ4n) is 4.33. The summed E-state index contributed by atoms with van der Waals surface area (Å²) in [7, 11) is 0. The number of carbonyl (C=O) groups excluding carboxylic acids is 1. The molecule has 3 rings (SSSR count). The van der Waals surface area contributed by atoms with Gasteiger partial charge in [-0.15, -0.1) is 0 Å². The van der Waals surface area contributed by atoms with Gasteiger partial charge in [0.25, 0.3) is 0 Å². The van der Waals surface area contributed by atoms with Gasteiger partial charge in [-0.2, -0.15) is 0 Å². The number of nitrogens with zero attached hydrogens (tertiary/aromatic N) is 2. The highest BCUT2D eigenvalue weighted by Gasteiger charge is 2.35. The Kier molecular flexibility index (Phi) is 6.91. The number of likely N-dealkylation sites (N-methyl/N-ethyl adjacent to an activating group) is 1. The van der Waals surface area contributed by atoms with Crippen LogP contribution in [0.15, 0.2) is 30.3 Å². The number of carbonyl (C=O) groups is 2. The van der Waals surface area contributed by atoms with Gasteiger partial charge in [-0.3, -0.25) is 14.6 Å². The Morgan fingerprint density at radius 3 is 2.46 bits per heavy atom. The van der Waals surface area contributed by atoms with Crippen LogP contribution >= 0.6 is 0 Å². The number of amides is 2. The first-order chi connectivity index (χ1) is 13.4. The van der Waals surface area contributed by atoms with E-state index in [1.54, 1.807) is 0 Å². The number of rotatable bonds is 8. The molecule has 2 fully saturated rings. The van der Waals surface area contributed by atoms with Crippen molar-refractivity contribution in [2.45, 2.75) is 63.8 Å². The van der Waals surface area contributed by atoms with E-state index >= 15 is 0 Å². The van der Waals surface area contributed by atoms with Crippen LogP contribution in [-0.4, -0.2) is 70.7 Å². The number of likely N-dealkylation sites (tertiary alicyclic amines) is 1. The molecule has 1 aromatic carbocycles. The zero-order chi connectivity index (χ0) is 20.1. The number of nitrogens with one attached hydrogen (secondary N) is 2. The highest BCUT2D eigenvalue weighted by atomic mass is 16.4. The van der Waals surface area contributed by atoms with Gasteiger partial charge < -0.3 is 15.7 Å². The van der Waals surface area contributed by atoms with Crippen molar-refractivity contribution < 1.29 is 14.7 Å². The minimum absolute atomic E-state index is 0.0668. The lowest BCUT2D eigenvalue weighted by Crippen LogP contribution is -2.57. The molecule has 2 unspecified atom stereocenters. The van der Waals surface area contributed by atoms with E-state index in [-0.39, 0.29) is 30.7 Å². The third-order valence-electron chi connectivity index (χ3n) is 5.98. The van der Waals surface area contributed by atoms with Crippen LogP contribution in [0.25, 0.3) is 0 Å². The number of urea groups is 1. The van der Waals surface area contributed by atoms with Crippen LogP contribution in [0.3, 0.4) is 0 Å². The summed E-state index contributed by atoms with van der Waals surface area (Å²) < 4.78 is 0. The summed E-state index contributed by atoms with van der Waals surface area (Å²) in [6.07, 6.45) is 2.58. The number of hydrogen-bond donors (Lipinski definition) is 3. The molecule has 0 radical (unpaired) electrons.